The highest BCUT2D eigenvalue weighted by Crippen LogP contribution is 2.45. The van der Waals surface area contributed by atoms with E-state index in [1.165, 1.54) is 0 Å². The molecule has 0 saturated carbocycles. The van der Waals surface area contributed by atoms with E-state index in [0.717, 1.165) is 22.3 Å². The predicted molar refractivity (Wildman–Crippen MR) is 181 cm³/mol. The summed E-state index contributed by atoms with van der Waals surface area (Å²) < 4.78 is 28.5. The Morgan fingerprint density at radius 3 is 1.89 bits per heavy atom. The van der Waals surface area contributed by atoms with Crippen LogP contribution < -0.4 is 9.47 Å². The molecular formula is C37H47NO7Si. The van der Waals surface area contributed by atoms with Crippen molar-refractivity contribution in [2.24, 2.45) is 5.92 Å². The van der Waals surface area contributed by atoms with Gasteiger partial charge in [0.1, 0.15) is 24.2 Å². The minimum atomic E-state index is -2.13. The Morgan fingerprint density at radius 2 is 1.41 bits per heavy atom. The molecule has 0 N–H and O–H groups in total. The van der Waals surface area contributed by atoms with Crippen LogP contribution in [0.25, 0.3) is 0 Å². The molecule has 0 radical (unpaired) electrons. The maximum Gasteiger partial charge on any atom is 0.508 e. The molecule has 0 aromatic heterocycles. The van der Waals surface area contributed by atoms with Crippen molar-refractivity contribution in [3.05, 3.63) is 108 Å². The summed E-state index contributed by atoms with van der Waals surface area (Å²) in [6, 6.07) is 23.8. The number of likely N-dealkylation sites (tertiary alicyclic amines) is 1. The van der Waals surface area contributed by atoms with Gasteiger partial charge in [-0.15, -0.1) is 0 Å². The summed E-state index contributed by atoms with van der Waals surface area (Å²) in [7, 11) is 1.11. The van der Waals surface area contributed by atoms with Crippen molar-refractivity contribution < 1.29 is 33.0 Å². The van der Waals surface area contributed by atoms with Crippen LogP contribution >= 0.6 is 0 Å². The van der Waals surface area contributed by atoms with Crippen molar-refractivity contribution in [1.29, 1.82) is 0 Å². The van der Waals surface area contributed by atoms with Gasteiger partial charge in [0.15, 0.2) is 8.32 Å². The molecule has 3 atom stereocenters. The number of hydrogen-bond acceptors (Lipinski definition) is 7. The Balaban J connectivity index is 1.66. The van der Waals surface area contributed by atoms with Gasteiger partial charge in [-0.25, -0.2) is 4.79 Å². The largest absolute Gasteiger partial charge is 0.508 e. The number of nitrogens with zero attached hydrogens (tertiary/aromatic N) is 1. The summed E-state index contributed by atoms with van der Waals surface area (Å²) in [5.41, 5.74) is 3.39. The number of methoxy groups -OCH3 is 2. The van der Waals surface area contributed by atoms with Gasteiger partial charge in [-0.1, -0.05) is 81.9 Å². The number of carbonyl (C=O) groups is 2. The number of β-lactam (4-membered cyclic amide) rings is 1. The van der Waals surface area contributed by atoms with Crippen LogP contribution in [0.15, 0.2) is 91.0 Å². The Kier molecular flexibility index (Phi) is 11.0. The molecule has 0 bridgehead atoms. The standard InChI is InChI=1S/C37H47NO7Si/c1-25(23-44-46(8,9)37(3,4)5)33-32(26(2)45-36(40)43-24-27-13-11-10-12-14-27)35(39)38(33)34(28-15-19-30(41-6)20-16-28)29-17-21-31(42-7)22-18-29/h10-22,26,32-34H,1,23-24H2,2-9H3/t26-,32-,33-/m1/s1. The van der Waals surface area contributed by atoms with Crippen LogP contribution in [0.5, 0.6) is 11.5 Å². The van der Waals surface area contributed by atoms with E-state index in [-0.39, 0.29) is 24.2 Å². The van der Waals surface area contributed by atoms with Crippen LogP contribution in [0.4, 0.5) is 4.79 Å². The zero-order chi connectivity index (χ0) is 33.6. The number of benzene rings is 3. The van der Waals surface area contributed by atoms with Crippen molar-refractivity contribution >= 4 is 20.4 Å². The number of amides is 1. The molecule has 0 unspecified atom stereocenters. The molecule has 3 aromatic rings. The fourth-order valence-corrected chi connectivity index (χ4v) is 6.35. The summed E-state index contributed by atoms with van der Waals surface area (Å²) in [5.74, 6) is 0.604. The van der Waals surface area contributed by atoms with Crippen LogP contribution in [-0.2, 0) is 25.3 Å². The van der Waals surface area contributed by atoms with E-state index >= 15 is 0 Å². The molecule has 4 rings (SSSR count). The quantitative estimate of drug-likeness (QED) is 0.0808. The lowest BCUT2D eigenvalue weighted by atomic mass is 9.76. The average Bonchev–Trinajstić information content (AvgIpc) is 3.04. The molecule has 46 heavy (non-hydrogen) atoms. The highest BCUT2D eigenvalue weighted by Gasteiger charge is 2.55. The molecule has 1 aliphatic rings. The van der Waals surface area contributed by atoms with Crippen molar-refractivity contribution in [2.45, 2.75) is 70.6 Å². The van der Waals surface area contributed by atoms with Crippen LogP contribution in [0, 0.1) is 5.92 Å². The second-order valence-electron chi connectivity index (χ2n) is 13.2. The van der Waals surface area contributed by atoms with Crippen molar-refractivity contribution in [3.63, 3.8) is 0 Å². The Labute approximate surface area is 274 Å². The van der Waals surface area contributed by atoms with Gasteiger partial charge in [0, 0.05) is 0 Å². The van der Waals surface area contributed by atoms with Gasteiger partial charge < -0.3 is 28.3 Å². The fraction of sp³-hybridized carbons (Fsp3) is 0.405. The highest BCUT2D eigenvalue weighted by molar-refractivity contribution is 6.74. The van der Waals surface area contributed by atoms with Gasteiger partial charge in [0.25, 0.3) is 0 Å². The molecular weight excluding hydrogens is 598 g/mol. The van der Waals surface area contributed by atoms with Crippen molar-refractivity contribution in [2.75, 3.05) is 20.8 Å². The molecule has 1 aliphatic heterocycles. The summed E-state index contributed by atoms with van der Waals surface area (Å²) in [6.07, 6.45) is -1.60. The predicted octanol–water partition coefficient (Wildman–Crippen LogP) is 7.94. The molecule has 0 spiro atoms. The first-order chi connectivity index (χ1) is 21.8. The van der Waals surface area contributed by atoms with Crippen molar-refractivity contribution in [1.82, 2.24) is 4.90 Å². The van der Waals surface area contributed by atoms with E-state index in [2.05, 4.69) is 40.4 Å². The number of hydrogen-bond donors (Lipinski definition) is 0. The first kappa shape index (κ1) is 34.8. The SMILES string of the molecule is C=C(CO[Si](C)(C)C(C)(C)C)[C@@H]1[C@@H]([C@@H](C)OC(=O)OCc2ccccc2)C(=O)N1C(c1ccc(OC)cc1)c1ccc(OC)cc1. The minimum Gasteiger partial charge on any atom is -0.497 e. The normalized spacial score (nSPS) is 17.2. The highest BCUT2D eigenvalue weighted by atomic mass is 28.4. The third-order valence-corrected chi connectivity index (χ3v) is 13.6. The van der Waals surface area contributed by atoms with Gasteiger partial charge in [-0.3, -0.25) is 4.79 Å². The molecule has 1 heterocycles. The molecule has 9 heteroatoms. The van der Waals surface area contributed by atoms with E-state index in [1.54, 1.807) is 21.1 Å². The molecule has 1 fully saturated rings. The van der Waals surface area contributed by atoms with Gasteiger partial charge in [-0.2, -0.15) is 0 Å². The number of rotatable bonds is 13. The second kappa shape index (κ2) is 14.6. The average molecular weight is 646 g/mol. The van der Waals surface area contributed by atoms with Crippen molar-refractivity contribution in [3.8, 4) is 11.5 Å². The molecule has 1 amide bonds. The molecule has 1 saturated heterocycles. The zero-order valence-corrected chi connectivity index (χ0v) is 29.2. The van der Waals surface area contributed by atoms with Gasteiger partial charge in [-0.05, 0) is 71.6 Å². The third kappa shape index (κ3) is 7.82. The second-order valence-corrected chi connectivity index (χ2v) is 18.0. The third-order valence-electron chi connectivity index (χ3n) is 9.15. The fourth-order valence-electron chi connectivity index (χ4n) is 5.37. The number of carbonyl (C=O) groups excluding carboxylic acids is 2. The lowest BCUT2D eigenvalue weighted by molar-refractivity contribution is -0.165. The summed E-state index contributed by atoms with van der Waals surface area (Å²) in [4.78, 5) is 28.8. The van der Waals surface area contributed by atoms with Crippen LogP contribution in [0.3, 0.4) is 0 Å². The van der Waals surface area contributed by atoms with E-state index in [9.17, 15) is 9.59 Å². The Morgan fingerprint density at radius 1 is 0.891 bits per heavy atom. The zero-order valence-electron chi connectivity index (χ0n) is 28.2. The topological polar surface area (TPSA) is 83.5 Å². The van der Waals surface area contributed by atoms with E-state index in [4.69, 9.17) is 23.4 Å². The first-order valence-electron chi connectivity index (χ1n) is 15.6. The molecule has 3 aromatic carbocycles. The number of ether oxygens (including phenoxy) is 4. The van der Waals surface area contributed by atoms with Crippen LogP contribution in [0.2, 0.25) is 18.1 Å². The van der Waals surface area contributed by atoms with Crippen LogP contribution in [-0.4, -0.2) is 58.3 Å². The van der Waals surface area contributed by atoms with E-state index in [1.807, 2.05) is 83.8 Å². The monoisotopic (exact) mass is 645 g/mol. The molecule has 246 valence electrons. The lowest BCUT2D eigenvalue weighted by Gasteiger charge is -2.53. The Bertz CT molecular complexity index is 1440. The maximum absolute atomic E-state index is 14.2. The Hall–Kier alpha value is -4.08. The minimum absolute atomic E-state index is 0.00452. The van der Waals surface area contributed by atoms with E-state index in [0.29, 0.717) is 11.5 Å². The molecule has 0 aliphatic carbocycles. The summed E-state index contributed by atoms with van der Waals surface area (Å²) >= 11 is 0. The van der Waals surface area contributed by atoms with Crippen LogP contribution in [0.1, 0.15) is 50.4 Å². The maximum atomic E-state index is 14.2. The molecule has 8 nitrogen and oxygen atoms in total. The first-order valence-corrected chi connectivity index (χ1v) is 18.5. The smallest absolute Gasteiger partial charge is 0.497 e. The van der Waals surface area contributed by atoms with Gasteiger partial charge in [0.2, 0.25) is 5.91 Å². The van der Waals surface area contributed by atoms with Gasteiger partial charge >= 0.3 is 6.16 Å². The lowest BCUT2D eigenvalue weighted by Crippen LogP contribution is -2.66. The van der Waals surface area contributed by atoms with E-state index < -0.39 is 38.6 Å². The van der Waals surface area contributed by atoms with Gasteiger partial charge in [0.05, 0.1) is 38.8 Å². The summed E-state index contributed by atoms with van der Waals surface area (Å²) in [6.45, 7) is 17.5. The summed E-state index contributed by atoms with van der Waals surface area (Å²) in [5, 5.41) is -0.00452.